The van der Waals surface area contributed by atoms with Crippen molar-refractivity contribution in [3.05, 3.63) is 0 Å². The van der Waals surface area contributed by atoms with Crippen LogP contribution in [-0.4, -0.2) is 111 Å². The fraction of sp³-hybridized carbons (Fsp3) is 0.872. The van der Waals surface area contributed by atoms with Crippen molar-refractivity contribution in [2.24, 2.45) is 22.7 Å². The van der Waals surface area contributed by atoms with Gasteiger partial charge < -0.3 is 31.5 Å². The third kappa shape index (κ3) is 12.0. The van der Waals surface area contributed by atoms with Crippen LogP contribution in [0.2, 0.25) is 0 Å². The second-order valence-corrected chi connectivity index (χ2v) is 18.5. The first-order chi connectivity index (χ1) is 25.1. The molecule has 3 saturated heterocycles. The number of hydrogen-bond donors (Lipinski definition) is 6. The van der Waals surface area contributed by atoms with Crippen LogP contribution < -0.4 is 21.3 Å². The van der Waals surface area contributed by atoms with Gasteiger partial charge in [-0.2, -0.15) is 0 Å². The molecule has 4 aliphatic rings. The maximum Gasteiger partial charge on any atom is 0.315 e. The molecule has 2 unspecified atom stereocenters. The van der Waals surface area contributed by atoms with Gasteiger partial charge in [0.25, 0.3) is 5.91 Å². The summed E-state index contributed by atoms with van der Waals surface area (Å²) in [5.41, 5.74) is -1.01. The zero-order chi connectivity index (χ0) is 40.2. The summed E-state index contributed by atoms with van der Waals surface area (Å²) in [6.07, 6.45) is 0.258. The van der Waals surface area contributed by atoms with E-state index in [0.717, 1.165) is 12.8 Å². The summed E-state index contributed by atoms with van der Waals surface area (Å²) >= 11 is 0. The third-order valence-corrected chi connectivity index (χ3v) is 11.7. The molecule has 3 aliphatic heterocycles. The Morgan fingerprint density at radius 2 is 1.56 bits per heavy atom. The van der Waals surface area contributed by atoms with Crippen LogP contribution in [0, 0.1) is 22.7 Å². The van der Waals surface area contributed by atoms with E-state index in [4.69, 9.17) is 0 Å². The number of urea groups is 1. The summed E-state index contributed by atoms with van der Waals surface area (Å²) in [6, 6.07) is -4.40. The van der Waals surface area contributed by atoms with Crippen molar-refractivity contribution in [1.82, 2.24) is 31.1 Å². The fourth-order valence-electron chi connectivity index (χ4n) is 8.08. The van der Waals surface area contributed by atoms with E-state index in [1.54, 1.807) is 4.90 Å². The lowest BCUT2D eigenvalue weighted by Crippen LogP contribution is -2.62. The number of fused-ring (bicyclic) bond motifs is 1. The molecule has 0 aromatic heterocycles. The molecule has 0 aromatic carbocycles. The molecule has 54 heavy (non-hydrogen) atoms. The Balaban J connectivity index is 1.57. The van der Waals surface area contributed by atoms with E-state index in [0.29, 0.717) is 38.6 Å². The van der Waals surface area contributed by atoms with Crippen molar-refractivity contribution in [3.8, 4) is 0 Å². The number of hydrogen-bond acceptors (Lipinski definition) is 8. The molecular formula is C39H66F2N6O7. The molecule has 0 radical (unpaired) electrons. The minimum absolute atomic E-state index is 0.0116. The van der Waals surface area contributed by atoms with E-state index in [1.165, 1.54) is 4.90 Å². The second kappa shape index (κ2) is 17.9. The molecule has 6 amide bonds. The van der Waals surface area contributed by atoms with Crippen LogP contribution in [0.1, 0.15) is 132 Å². The maximum atomic E-state index is 15.1. The number of nitrogens with zero attached hydrogens (tertiary/aromatic N) is 2. The highest BCUT2D eigenvalue weighted by Crippen LogP contribution is 2.35. The maximum absolute atomic E-state index is 15.1. The Bertz CT molecular complexity index is 1330. The molecule has 15 heteroatoms. The number of imide groups is 1. The lowest BCUT2D eigenvalue weighted by molar-refractivity contribution is -0.153. The predicted octanol–water partition coefficient (Wildman–Crippen LogP) is 3.80. The average molecular weight is 769 g/mol. The number of aliphatic hydroxyl groups excluding tert-OH is 2. The zero-order valence-electron chi connectivity index (χ0n) is 33.4. The summed E-state index contributed by atoms with van der Waals surface area (Å²) in [7, 11) is 0. The topological polar surface area (TPSA) is 180 Å². The summed E-state index contributed by atoms with van der Waals surface area (Å²) in [5.74, 6) is -5.21. The van der Waals surface area contributed by atoms with E-state index >= 15 is 8.78 Å². The van der Waals surface area contributed by atoms with Gasteiger partial charge in [0.1, 0.15) is 6.23 Å². The number of likely N-dealkylation sites (tertiary alicyclic amines) is 1. The molecule has 0 aromatic rings. The van der Waals surface area contributed by atoms with Gasteiger partial charge in [-0.05, 0) is 61.2 Å². The second-order valence-electron chi connectivity index (χ2n) is 18.5. The highest BCUT2D eigenvalue weighted by Gasteiger charge is 2.47. The van der Waals surface area contributed by atoms with Crippen molar-refractivity contribution in [2.45, 2.75) is 180 Å². The minimum Gasteiger partial charge on any atom is -0.381 e. The third-order valence-electron chi connectivity index (χ3n) is 11.7. The van der Waals surface area contributed by atoms with Crippen LogP contribution in [0.25, 0.3) is 0 Å². The summed E-state index contributed by atoms with van der Waals surface area (Å²) in [5, 5.41) is 34.4. The van der Waals surface area contributed by atoms with Gasteiger partial charge in [-0.1, -0.05) is 67.7 Å². The first-order valence-electron chi connectivity index (χ1n) is 20.1. The number of carbonyl (C=O) groups excluding carboxylic acids is 5. The quantitative estimate of drug-likeness (QED) is 0.202. The zero-order valence-corrected chi connectivity index (χ0v) is 33.4. The van der Waals surface area contributed by atoms with Crippen molar-refractivity contribution >= 4 is 29.7 Å². The largest absolute Gasteiger partial charge is 0.381 e. The normalized spacial score (nSPS) is 30.3. The summed E-state index contributed by atoms with van der Waals surface area (Å²) < 4.78 is 30.2. The summed E-state index contributed by atoms with van der Waals surface area (Å²) in [6.45, 7) is 13.6. The fourth-order valence-corrected chi connectivity index (χ4v) is 8.08. The number of carbonyl (C=O) groups is 5. The Kier molecular flexibility index (Phi) is 14.5. The molecule has 0 spiro atoms. The molecule has 308 valence electrons. The van der Waals surface area contributed by atoms with Crippen molar-refractivity contribution in [3.63, 3.8) is 0 Å². The van der Waals surface area contributed by atoms with Crippen LogP contribution in [0.4, 0.5) is 13.6 Å². The number of alkyl halides is 2. The van der Waals surface area contributed by atoms with Gasteiger partial charge in [-0.3, -0.25) is 29.0 Å². The number of rotatable bonds is 8. The molecule has 1 aliphatic carbocycles. The van der Waals surface area contributed by atoms with Crippen LogP contribution in [0.5, 0.6) is 0 Å². The Hall–Kier alpha value is -2.91. The molecule has 13 nitrogen and oxygen atoms in total. The minimum atomic E-state index is -3.06. The lowest BCUT2D eigenvalue weighted by atomic mass is 9.80. The number of nitrogens with one attached hydrogen (secondary N) is 4. The number of halogens is 2. The first-order valence-corrected chi connectivity index (χ1v) is 20.1. The SMILES string of the molecule is CC(C)[C@H]1CCN2C(O)[C@H](NC(=O)N[C@H](CN3C(=O)CC(C)(C)CC3=O)C(C)(C)C)CCCCCCC(F)(F)CC[C@@H](C(O)C(=O)NC3CC3)NC(=O)[C@H]12. The van der Waals surface area contributed by atoms with E-state index in [1.807, 2.05) is 48.5 Å². The van der Waals surface area contributed by atoms with Crippen LogP contribution in [0.15, 0.2) is 0 Å². The van der Waals surface area contributed by atoms with Gasteiger partial charge in [0.2, 0.25) is 23.6 Å². The van der Waals surface area contributed by atoms with Gasteiger partial charge in [-0.15, -0.1) is 0 Å². The first kappa shape index (κ1) is 43.8. The Labute approximate surface area is 319 Å². The van der Waals surface area contributed by atoms with Crippen LogP contribution >= 0.6 is 0 Å². The van der Waals surface area contributed by atoms with Gasteiger partial charge in [-0.25, -0.2) is 13.6 Å². The van der Waals surface area contributed by atoms with Crippen molar-refractivity contribution in [1.29, 1.82) is 0 Å². The van der Waals surface area contributed by atoms with Gasteiger partial charge in [0.15, 0.2) is 6.10 Å². The van der Waals surface area contributed by atoms with Crippen molar-refractivity contribution in [2.75, 3.05) is 13.1 Å². The lowest BCUT2D eigenvalue weighted by Gasteiger charge is -2.40. The van der Waals surface area contributed by atoms with E-state index < -0.39 is 77.5 Å². The van der Waals surface area contributed by atoms with Crippen molar-refractivity contribution < 1.29 is 43.0 Å². The molecule has 0 bridgehead atoms. The summed E-state index contributed by atoms with van der Waals surface area (Å²) in [4.78, 5) is 69.7. The Morgan fingerprint density at radius 3 is 2.15 bits per heavy atom. The van der Waals surface area contributed by atoms with Gasteiger partial charge in [0, 0.05) is 44.8 Å². The smallest absolute Gasteiger partial charge is 0.315 e. The van der Waals surface area contributed by atoms with E-state index in [9.17, 15) is 34.2 Å². The molecule has 4 fully saturated rings. The van der Waals surface area contributed by atoms with E-state index in [2.05, 4.69) is 21.3 Å². The van der Waals surface area contributed by atoms with Crippen LogP contribution in [0.3, 0.4) is 0 Å². The highest BCUT2D eigenvalue weighted by atomic mass is 19.3. The highest BCUT2D eigenvalue weighted by molar-refractivity contribution is 5.98. The predicted molar refractivity (Wildman–Crippen MR) is 199 cm³/mol. The number of piperidine rings is 1. The average Bonchev–Trinajstić information content (AvgIpc) is 3.75. The van der Waals surface area contributed by atoms with E-state index in [-0.39, 0.29) is 68.3 Å². The van der Waals surface area contributed by atoms with Crippen LogP contribution in [-0.2, 0) is 19.2 Å². The molecular weight excluding hydrogens is 702 g/mol. The monoisotopic (exact) mass is 768 g/mol. The molecule has 3 heterocycles. The standard InChI is InChI=1S/C39H66F2N6O7/c1-23(2)25-16-19-46-31(25)33(51)43-26(32(50)34(52)42-24-13-14-24)15-18-39(40,41)17-11-9-8-10-12-27(35(46)53)44-36(54)45-28(37(3,4)5)22-47-29(48)20-38(6,7)21-30(47)49/h23-28,31-32,35,50,53H,8-22H2,1-7H3,(H,42,52)(H,43,51)(H2,44,45,54)/t25-,26+,27-,28-,31+,32?,35?/m1/s1. The molecule has 6 N–H and O–H groups in total. The Morgan fingerprint density at radius 1 is 0.926 bits per heavy atom. The number of amides is 6. The molecule has 7 atom stereocenters. The molecule has 4 rings (SSSR count). The number of aliphatic hydroxyl groups is 2. The van der Waals surface area contributed by atoms with Gasteiger partial charge >= 0.3 is 6.03 Å². The van der Waals surface area contributed by atoms with Gasteiger partial charge in [0.05, 0.1) is 24.2 Å². The molecule has 1 saturated carbocycles.